The van der Waals surface area contributed by atoms with Crippen LogP contribution in [0.15, 0.2) is 12.7 Å². The topological polar surface area (TPSA) is 26.3 Å². The molecule has 0 saturated carbocycles. The van der Waals surface area contributed by atoms with Crippen molar-refractivity contribution in [2.24, 2.45) is 0 Å². The van der Waals surface area contributed by atoms with Gasteiger partial charge in [0.1, 0.15) is 5.73 Å². The summed E-state index contributed by atoms with van der Waals surface area (Å²) in [4.78, 5) is 11.0. The summed E-state index contributed by atoms with van der Waals surface area (Å²) in [5.74, 6) is -0.375. The van der Waals surface area contributed by atoms with Crippen LogP contribution < -0.4 is 0 Å². The van der Waals surface area contributed by atoms with Crippen molar-refractivity contribution in [1.82, 2.24) is 0 Å². The second-order valence-corrected chi connectivity index (χ2v) is 10.2. The predicted octanol–water partition coefficient (Wildman–Crippen LogP) is 2.87. The van der Waals surface area contributed by atoms with E-state index in [0.29, 0.717) is 0 Å². The molecule has 13 heavy (non-hydrogen) atoms. The SMILES string of the molecule is C=CC(=O)OC(CCC)[Si](C)(C)Cl. The Hall–Kier alpha value is -0.283. The van der Waals surface area contributed by atoms with Gasteiger partial charge >= 0.3 is 5.97 Å². The third-order valence-corrected chi connectivity index (χ3v) is 4.41. The first kappa shape index (κ1) is 12.7. The molecule has 0 aliphatic carbocycles. The van der Waals surface area contributed by atoms with E-state index in [1.54, 1.807) is 0 Å². The van der Waals surface area contributed by atoms with Crippen LogP contribution in [0.4, 0.5) is 0 Å². The van der Waals surface area contributed by atoms with Crippen LogP contribution in [0, 0.1) is 0 Å². The summed E-state index contributed by atoms with van der Waals surface area (Å²) < 4.78 is 5.18. The molecule has 0 aromatic carbocycles. The zero-order valence-corrected chi connectivity index (χ0v) is 10.2. The Kier molecular flexibility index (Phi) is 5.33. The molecule has 0 heterocycles. The van der Waals surface area contributed by atoms with E-state index in [0.717, 1.165) is 12.8 Å². The highest BCUT2D eigenvalue weighted by Gasteiger charge is 2.32. The van der Waals surface area contributed by atoms with Crippen LogP contribution in [0.3, 0.4) is 0 Å². The molecule has 0 spiro atoms. The number of esters is 1. The summed E-state index contributed by atoms with van der Waals surface area (Å²) >= 11 is 6.21. The van der Waals surface area contributed by atoms with Crippen molar-refractivity contribution in [3.63, 3.8) is 0 Å². The third kappa shape index (κ3) is 5.11. The van der Waals surface area contributed by atoms with Crippen molar-refractivity contribution in [3.8, 4) is 0 Å². The first-order valence-electron chi connectivity index (χ1n) is 4.43. The van der Waals surface area contributed by atoms with Gasteiger partial charge in [-0.25, -0.2) is 4.79 Å². The fourth-order valence-electron chi connectivity index (χ4n) is 0.993. The summed E-state index contributed by atoms with van der Waals surface area (Å²) in [7, 11) is -1.91. The predicted molar refractivity (Wildman–Crippen MR) is 58.3 cm³/mol. The maximum Gasteiger partial charge on any atom is 0.330 e. The van der Waals surface area contributed by atoms with Crippen LogP contribution in [0.5, 0.6) is 0 Å². The van der Waals surface area contributed by atoms with Crippen LogP contribution in [0.1, 0.15) is 19.8 Å². The quantitative estimate of drug-likeness (QED) is 0.308. The van der Waals surface area contributed by atoms with Gasteiger partial charge in [-0.3, -0.25) is 0 Å². The minimum absolute atomic E-state index is 0.107. The molecule has 0 aliphatic heterocycles. The zero-order valence-electron chi connectivity index (χ0n) is 8.47. The third-order valence-electron chi connectivity index (χ3n) is 1.74. The summed E-state index contributed by atoms with van der Waals surface area (Å²) in [6, 6.07) is 0. The Balaban J connectivity index is 4.26. The molecular formula is C9H17ClO2Si. The second-order valence-electron chi connectivity index (χ2n) is 3.48. The minimum Gasteiger partial charge on any atom is -0.462 e. The smallest absolute Gasteiger partial charge is 0.330 e. The average molecular weight is 221 g/mol. The van der Waals surface area contributed by atoms with E-state index < -0.39 is 7.38 Å². The first-order valence-corrected chi connectivity index (χ1v) is 8.52. The van der Waals surface area contributed by atoms with Crippen LogP contribution in [0.25, 0.3) is 0 Å². The lowest BCUT2D eigenvalue weighted by Crippen LogP contribution is -2.39. The highest BCUT2D eigenvalue weighted by molar-refractivity contribution is 7.19. The van der Waals surface area contributed by atoms with Gasteiger partial charge in [-0.2, -0.15) is 11.1 Å². The largest absolute Gasteiger partial charge is 0.462 e. The number of rotatable bonds is 5. The second kappa shape index (κ2) is 5.45. The number of hydrogen-bond acceptors (Lipinski definition) is 2. The van der Waals surface area contributed by atoms with Crippen LogP contribution in [-0.2, 0) is 9.53 Å². The van der Waals surface area contributed by atoms with Crippen molar-refractivity contribution in [3.05, 3.63) is 12.7 Å². The van der Waals surface area contributed by atoms with Crippen LogP contribution in [-0.4, -0.2) is 19.1 Å². The normalized spacial score (nSPS) is 13.5. The Morgan fingerprint density at radius 1 is 1.69 bits per heavy atom. The molecule has 0 aromatic rings. The fraction of sp³-hybridized carbons (Fsp3) is 0.667. The van der Waals surface area contributed by atoms with Gasteiger partial charge in [0.25, 0.3) is 0 Å². The Morgan fingerprint density at radius 2 is 2.23 bits per heavy atom. The zero-order chi connectivity index (χ0) is 10.5. The van der Waals surface area contributed by atoms with Crippen LogP contribution >= 0.6 is 11.1 Å². The molecule has 2 nitrogen and oxygen atoms in total. The number of ether oxygens (including phenoxy) is 1. The van der Waals surface area contributed by atoms with Crippen molar-refractivity contribution < 1.29 is 9.53 Å². The molecule has 0 radical (unpaired) electrons. The Bertz CT molecular complexity index is 187. The standard InChI is InChI=1S/C9H17ClO2Si/c1-5-7-9(13(3,4)10)12-8(11)6-2/h6,9H,2,5,7H2,1,3-4H3. The number of halogens is 1. The molecule has 0 rings (SSSR count). The summed E-state index contributed by atoms with van der Waals surface area (Å²) in [6.45, 7) is 9.36. The van der Waals surface area contributed by atoms with E-state index in [-0.39, 0.29) is 11.7 Å². The average Bonchev–Trinajstić information content (AvgIpc) is 2.01. The Labute approximate surface area is 85.6 Å². The molecule has 76 valence electrons. The van der Waals surface area contributed by atoms with Crippen LogP contribution in [0.2, 0.25) is 13.1 Å². The molecule has 0 saturated heterocycles. The molecule has 0 aromatic heterocycles. The maximum atomic E-state index is 11.0. The van der Waals surface area contributed by atoms with E-state index in [2.05, 4.69) is 6.58 Å². The van der Waals surface area contributed by atoms with E-state index in [9.17, 15) is 4.79 Å². The van der Waals surface area contributed by atoms with Gasteiger partial charge in [0.2, 0.25) is 0 Å². The molecule has 0 fully saturated rings. The fourth-order valence-corrected chi connectivity index (χ4v) is 2.83. The summed E-state index contributed by atoms with van der Waals surface area (Å²) in [5, 5.41) is 0. The number of carbonyl (C=O) groups is 1. The lowest BCUT2D eigenvalue weighted by Gasteiger charge is -2.25. The number of carbonyl (C=O) groups excluding carboxylic acids is 1. The van der Waals surface area contributed by atoms with E-state index in [1.165, 1.54) is 6.08 Å². The summed E-state index contributed by atoms with van der Waals surface area (Å²) in [5.41, 5.74) is -0.107. The van der Waals surface area contributed by atoms with Gasteiger partial charge < -0.3 is 4.74 Å². The molecule has 4 heteroatoms. The molecule has 1 unspecified atom stereocenters. The maximum absolute atomic E-state index is 11.0. The lowest BCUT2D eigenvalue weighted by molar-refractivity contribution is -0.140. The highest BCUT2D eigenvalue weighted by Crippen LogP contribution is 2.20. The summed E-state index contributed by atoms with van der Waals surface area (Å²) in [6.07, 6.45) is 2.99. The van der Waals surface area contributed by atoms with Crippen molar-refractivity contribution in [2.75, 3.05) is 0 Å². The van der Waals surface area contributed by atoms with Gasteiger partial charge in [-0.1, -0.05) is 33.0 Å². The monoisotopic (exact) mass is 220 g/mol. The highest BCUT2D eigenvalue weighted by atomic mass is 35.6. The molecule has 0 bridgehead atoms. The first-order chi connectivity index (χ1) is 5.91. The molecular weight excluding hydrogens is 204 g/mol. The van der Waals surface area contributed by atoms with Gasteiger partial charge in [-0.05, 0) is 6.42 Å². The van der Waals surface area contributed by atoms with Gasteiger partial charge in [-0.15, -0.1) is 0 Å². The Morgan fingerprint density at radius 3 is 2.54 bits per heavy atom. The number of hydrogen-bond donors (Lipinski definition) is 0. The molecule has 0 aliphatic rings. The van der Waals surface area contributed by atoms with Crippen molar-refractivity contribution >= 4 is 24.4 Å². The van der Waals surface area contributed by atoms with E-state index in [4.69, 9.17) is 15.8 Å². The molecule has 1 atom stereocenters. The van der Waals surface area contributed by atoms with Crippen molar-refractivity contribution in [1.29, 1.82) is 0 Å². The van der Waals surface area contributed by atoms with E-state index >= 15 is 0 Å². The van der Waals surface area contributed by atoms with Gasteiger partial charge in [0.05, 0.1) is 0 Å². The molecule has 0 N–H and O–H groups in total. The van der Waals surface area contributed by atoms with Gasteiger partial charge in [0.15, 0.2) is 7.38 Å². The van der Waals surface area contributed by atoms with Gasteiger partial charge in [0, 0.05) is 6.08 Å². The minimum atomic E-state index is -1.91. The van der Waals surface area contributed by atoms with Crippen molar-refractivity contribution in [2.45, 2.75) is 38.6 Å². The lowest BCUT2D eigenvalue weighted by atomic mass is 10.3. The van der Waals surface area contributed by atoms with E-state index in [1.807, 2.05) is 20.0 Å². The molecule has 0 amide bonds.